The first-order chi connectivity index (χ1) is 18.2. The van der Waals surface area contributed by atoms with Gasteiger partial charge in [-0.25, -0.2) is 4.98 Å². The summed E-state index contributed by atoms with van der Waals surface area (Å²) in [5.74, 6) is 0.289. The van der Waals surface area contributed by atoms with Crippen molar-refractivity contribution in [1.82, 2.24) is 25.2 Å². The zero-order chi connectivity index (χ0) is 25.5. The monoisotopic (exact) mass is 493 g/mol. The minimum atomic E-state index is -0.241. The van der Waals surface area contributed by atoms with Crippen LogP contribution in [0.4, 0.5) is 0 Å². The molecule has 0 spiro atoms. The first-order valence-corrected chi connectivity index (χ1v) is 12.6. The van der Waals surface area contributed by atoms with Crippen LogP contribution in [0, 0.1) is 6.92 Å². The number of hydrogen-bond acceptors (Lipinski definition) is 5. The molecule has 0 aliphatic rings. The summed E-state index contributed by atoms with van der Waals surface area (Å²) < 4.78 is 5.72. The Morgan fingerprint density at radius 1 is 0.973 bits per heavy atom. The average molecular weight is 494 g/mol. The number of amides is 1. The van der Waals surface area contributed by atoms with Crippen molar-refractivity contribution in [2.24, 2.45) is 0 Å². The van der Waals surface area contributed by atoms with Crippen molar-refractivity contribution in [3.63, 3.8) is 0 Å². The van der Waals surface area contributed by atoms with Crippen LogP contribution in [-0.4, -0.2) is 38.8 Å². The average Bonchev–Trinajstić information content (AvgIpc) is 3.56. The number of carbonyl (C=O) groups is 1. The fraction of sp³-hybridized carbons (Fsp3) is 0.233. The van der Waals surface area contributed by atoms with Crippen LogP contribution in [0.15, 0.2) is 89.8 Å². The number of aromatic amines is 1. The third-order valence-corrected chi connectivity index (χ3v) is 6.56. The first-order valence-electron chi connectivity index (χ1n) is 12.6. The van der Waals surface area contributed by atoms with Crippen molar-refractivity contribution in [3.05, 3.63) is 119 Å². The first kappa shape index (κ1) is 24.5. The molecule has 3 aromatic heterocycles. The normalized spacial score (nSPS) is 11.3. The zero-order valence-corrected chi connectivity index (χ0v) is 21.0. The maximum absolute atomic E-state index is 12.6. The third kappa shape index (κ3) is 6.32. The van der Waals surface area contributed by atoms with Gasteiger partial charge in [-0.2, -0.15) is 0 Å². The number of benzene rings is 2. The summed E-state index contributed by atoms with van der Waals surface area (Å²) in [5.41, 5.74) is 6.18. The lowest BCUT2D eigenvalue weighted by Gasteiger charge is -2.22. The highest BCUT2D eigenvalue weighted by Crippen LogP contribution is 2.20. The molecule has 0 bridgehead atoms. The van der Waals surface area contributed by atoms with E-state index < -0.39 is 0 Å². The lowest BCUT2D eigenvalue weighted by molar-refractivity contribution is 0.0949. The summed E-state index contributed by atoms with van der Waals surface area (Å²) >= 11 is 0. The highest BCUT2D eigenvalue weighted by molar-refractivity contribution is 5.91. The van der Waals surface area contributed by atoms with Gasteiger partial charge in [-0.05, 0) is 48.2 Å². The number of aromatic nitrogens is 3. The number of nitrogens with zero attached hydrogens (tertiary/aromatic N) is 3. The standard InChI is InChI=1S/C30H31N5O2/c1-22-8-2-3-9-24(22)19-35(17-14-23-18-33-27-12-5-4-11-26(23)27)20-29-34-28(21-37-29)30(36)32-16-13-25-10-6-7-15-31-25/h2-12,15,18,21,33H,13-14,16-17,19-20H2,1H3,(H,32,36). The molecule has 3 heterocycles. The Hall–Kier alpha value is -4.23. The lowest BCUT2D eigenvalue weighted by Crippen LogP contribution is -2.27. The van der Waals surface area contributed by atoms with E-state index in [0.29, 0.717) is 31.1 Å². The maximum Gasteiger partial charge on any atom is 0.273 e. The molecule has 0 fully saturated rings. The minimum absolute atomic E-state index is 0.241. The number of H-pyrrole nitrogens is 1. The molecule has 0 saturated carbocycles. The minimum Gasteiger partial charge on any atom is -0.447 e. The van der Waals surface area contributed by atoms with Gasteiger partial charge < -0.3 is 14.7 Å². The van der Waals surface area contributed by atoms with Crippen molar-refractivity contribution in [1.29, 1.82) is 0 Å². The number of pyridine rings is 1. The van der Waals surface area contributed by atoms with Gasteiger partial charge in [0.1, 0.15) is 6.26 Å². The Morgan fingerprint density at radius 2 is 1.81 bits per heavy atom. The molecule has 0 saturated heterocycles. The number of oxazole rings is 1. The van der Waals surface area contributed by atoms with Gasteiger partial charge in [0.15, 0.2) is 5.69 Å². The van der Waals surface area contributed by atoms with E-state index in [9.17, 15) is 4.79 Å². The number of fused-ring (bicyclic) bond motifs is 1. The van der Waals surface area contributed by atoms with Crippen LogP contribution < -0.4 is 5.32 Å². The predicted octanol–water partition coefficient (Wildman–Crippen LogP) is 5.08. The van der Waals surface area contributed by atoms with Gasteiger partial charge in [-0.15, -0.1) is 0 Å². The van der Waals surface area contributed by atoms with Crippen LogP contribution in [0.3, 0.4) is 0 Å². The fourth-order valence-electron chi connectivity index (χ4n) is 4.48. The van der Waals surface area contributed by atoms with E-state index in [0.717, 1.165) is 30.7 Å². The molecular weight excluding hydrogens is 462 g/mol. The van der Waals surface area contributed by atoms with Gasteiger partial charge in [0.25, 0.3) is 5.91 Å². The van der Waals surface area contributed by atoms with Gasteiger partial charge in [0.2, 0.25) is 5.89 Å². The molecule has 2 aromatic carbocycles. The van der Waals surface area contributed by atoms with E-state index in [1.807, 2.05) is 24.3 Å². The second-order valence-electron chi connectivity index (χ2n) is 9.20. The van der Waals surface area contributed by atoms with Crippen LogP contribution in [0.1, 0.15) is 38.8 Å². The number of para-hydroxylation sites is 1. The molecule has 5 rings (SSSR count). The molecule has 0 unspecified atom stereocenters. The molecule has 2 N–H and O–H groups in total. The third-order valence-electron chi connectivity index (χ3n) is 6.56. The molecule has 1 amide bonds. The van der Waals surface area contributed by atoms with E-state index >= 15 is 0 Å². The van der Waals surface area contributed by atoms with E-state index in [1.165, 1.54) is 28.3 Å². The highest BCUT2D eigenvalue weighted by Gasteiger charge is 2.16. The van der Waals surface area contributed by atoms with Crippen molar-refractivity contribution >= 4 is 16.8 Å². The molecule has 7 heteroatoms. The topological polar surface area (TPSA) is 87.0 Å². The van der Waals surface area contributed by atoms with E-state index in [4.69, 9.17) is 4.42 Å². The predicted molar refractivity (Wildman–Crippen MR) is 144 cm³/mol. The Kier molecular flexibility index (Phi) is 7.72. The van der Waals surface area contributed by atoms with E-state index in [-0.39, 0.29) is 5.91 Å². The van der Waals surface area contributed by atoms with Crippen molar-refractivity contribution in [3.8, 4) is 0 Å². The number of rotatable bonds is 11. The maximum atomic E-state index is 12.6. The summed E-state index contributed by atoms with van der Waals surface area (Å²) in [6, 6.07) is 22.5. The zero-order valence-electron chi connectivity index (χ0n) is 21.0. The number of nitrogens with one attached hydrogen (secondary N) is 2. The smallest absolute Gasteiger partial charge is 0.273 e. The Morgan fingerprint density at radius 3 is 2.68 bits per heavy atom. The van der Waals surface area contributed by atoms with Crippen molar-refractivity contribution in [2.75, 3.05) is 13.1 Å². The van der Waals surface area contributed by atoms with Gasteiger partial charge >= 0.3 is 0 Å². The number of hydrogen-bond donors (Lipinski definition) is 2. The summed E-state index contributed by atoms with van der Waals surface area (Å²) in [7, 11) is 0. The Bertz CT molecular complexity index is 1460. The lowest BCUT2D eigenvalue weighted by atomic mass is 10.1. The second kappa shape index (κ2) is 11.7. The van der Waals surface area contributed by atoms with Gasteiger partial charge in [0.05, 0.1) is 6.54 Å². The Labute approximate surface area is 216 Å². The fourth-order valence-corrected chi connectivity index (χ4v) is 4.48. The van der Waals surface area contributed by atoms with Crippen LogP contribution in [0.5, 0.6) is 0 Å². The van der Waals surface area contributed by atoms with Crippen molar-refractivity contribution in [2.45, 2.75) is 32.9 Å². The highest BCUT2D eigenvalue weighted by atomic mass is 16.3. The summed E-state index contributed by atoms with van der Waals surface area (Å²) in [6.45, 7) is 4.72. The van der Waals surface area contributed by atoms with Gasteiger partial charge in [-0.1, -0.05) is 48.5 Å². The molecule has 7 nitrogen and oxygen atoms in total. The number of carbonyl (C=O) groups excluding carboxylic acids is 1. The van der Waals surface area contributed by atoms with E-state index in [1.54, 1.807) is 6.20 Å². The second-order valence-corrected chi connectivity index (χ2v) is 9.20. The molecule has 5 aromatic rings. The van der Waals surface area contributed by atoms with Gasteiger partial charge in [-0.3, -0.25) is 14.7 Å². The molecule has 0 radical (unpaired) electrons. The molecule has 0 aliphatic heterocycles. The molecule has 0 aliphatic carbocycles. The summed E-state index contributed by atoms with van der Waals surface area (Å²) in [5, 5.41) is 4.15. The van der Waals surface area contributed by atoms with Crippen LogP contribution >= 0.6 is 0 Å². The quantitative estimate of drug-likeness (QED) is 0.268. The summed E-state index contributed by atoms with van der Waals surface area (Å²) in [6.07, 6.45) is 6.83. The van der Waals surface area contributed by atoms with Crippen LogP contribution in [0.25, 0.3) is 10.9 Å². The largest absolute Gasteiger partial charge is 0.447 e. The summed E-state index contributed by atoms with van der Waals surface area (Å²) in [4.78, 5) is 27.1. The number of aryl methyl sites for hydroxylation is 1. The molecule has 37 heavy (non-hydrogen) atoms. The molecule has 0 atom stereocenters. The Balaban J connectivity index is 1.24. The molecule has 188 valence electrons. The molecular formula is C30H31N5O2. The van der Waals surface area contributed by atoms with Crippen molar-refractivity contribution < 1.29 is 9.21 Å². The van der Waals surface area contributed by atoms with E-state index in [2.05, 4.69) is 80.8 Å². The van der Waals surface area contributed by atoms with Crippen LogP contribution in [-0.2, 0) is 25.9 Å². The van der Waals surface area contributed by atoms with Gasteiger partial charge in [0, 0.05) is 55.0 Å². The SMILES string of the molecule is Cc1ccccc1CN(CCc1c[nH]c2ccccc12)Cc1nc(C(=O)NCCc2ccccn2)co1. The van der Waals surface area contributed by atoms with Crippen LogP contribution in [0.2, 0.25) is 0 Å².